The van der Waals surface area contributed by atoms with E-state index in [0.29, 0.717) is 0 Å². The van der Waals surface area contributed by atoms with Crippen LogP contribution in [0.2, 0.25) is 0 Å². The lowest BCUT2D eigenvalue weighted by Gasteiger charge is -1.89. The Morgan fingerprint density at radius 3 is 2.45 bits per heavy atom. The molecule has 0 spiro atoms. The summed E-state index contributed by atoms with van der Waals surface area (Å²) in [6.45, 7) is 2.34. The van der Waals surface area contributed by atoms with Crippen molar-refractivity contribution in [1.82, 2.24) is 0 Å². The van der Waals surface area contributed by atoms with Gasteiger partial charge in [-0.05, 0) is 12.8 Å². The average Bonchev–Trinajstić information content (AvgIpc) is 2.03. The van der Waals surface area contributed by atoms with E-state index in [2.05, 4.69) is 13.0 Å². The molecule has 0 aliphatic rings. The number of allylic oxidation sites excluding steroid dienone is 3. The molecule has 64 valence electrons. The summed E-state index contributed by atoms with van der Waals surface area (Å²) < 4.78 is 0. The molecule has 0 aliphatic carbocycles. The van der Waals surface area contributed by atoms with Crippen molar-refractivity contribution in [3.63, 3.8) is 0 Å². The highest BCUT2D eigenvalue weighted by Gasteiger charge is 1.79. The molecule has 0 aromatic rings. The van der Waals surface area contributed by atoms with Crippen LogP contribution in [0.25, 0.3) is 0 Å². The second kappa shape index (κ2) is 9.44. The van der Waals surface area contributed by atoms with Gasteiger partial charge in [-0.2, -0.15) is 0 Å². The molecule has 0 rings (SSSR count). The van der Waals surface area contributed by atoms with Crippen molar-refractivity contribution in [3.8, 4) is 0 Å². The van der Waals surface area contributed by atoms with E-state index in [9.17, 15) is 0 Å². The van der Waals surface area contributed by atoms with Gasteiger partial charge in [0.1, 0.15) is 0 Å². The normalized spacial score (nSPS) is 11.8. The van der Waals surface area contributed by atoms with E-state index in [1.54, 1.807) is 6.08 Å². The van der Waals surface area contributed by atoms with Gasteiger partial charge < -0.3 is 5.11 Å². The number of aliphatic hydroxyl groups is 1. The third kappa shape index (κ3) is 9.44. The van der Waals surface area contributed by atoms with Gasteiger partial charge in [0.05, 0.1) is 6.61 Å². The smallest absolute Gasteiger partial charge is 0.0615 e. The lowest BCUT2D eigenvalue weighted by Crippen LogP contribution is -1.70. The van der Waals surface area contributed by atoms with E-state index < -0.39 is 0 Å². The molecule has 0 saturated carbocycles. The summed E-state index contributed by atoms with van der Waals surface area (Å²) in [6.07, 6.45) is 12.8. The highest BCUT2D eigenvalue weighted by atomic mass is 16.2. The minimum atomic E-state index is 0.138. The summed E-state index contributed by atoms with van der Waals surface area (Å²) in [5, 5.41) is 8.39. The van der Waals surface area contributed by atoms with E-state index in [4.69, 9.17) is 5.11 Å². The molecular weight excluding hydrogens is 136 g/mol. The maximum Gasteiger partial charge on any atom is 0.0615 e. The molecule has 0 fully saturated rings. The molecule has 0 atom stereocenters. The Balaban J connectivity index is 3.09. The van der Waals surface area contributed by atoms with Crippen molar-refractivity contribution >= 4 is 0 Å². The number of hydrogen-bond acceptors (Lipinski definition) is 1. The van der Waals surface area contributed by atoms with Crippen LogP contribution in [0, 0.1) is 0 Å². The zero-order chi connectivity index (χ0) is 8.36. The van der Waals surface area contributed by atoms with E-state index in [0.717, 1.165) is 6.42 Å². The Kier molecular flexibility index (Phi) is 8.96. The van der Waals surface area contributed by atoms with Gasteiger partial charge in [0.15, 0.2) is 0 Å². The first kappa shape index (κ1) is 10.4. The predicted octanol–water partition coefficient (Wildman–Crippen LogP) is 2.67. The Bertz CT molecular complexity index is 114. The fourth-order valence-electron chi connectivity index (χ4n) is 0.826. The van der Waals surface area contributed by atoms with Gasteiger partial charge >= 0.3 is 0 Å². The van der Waals surface area contributed by atoms with Crippen LogP contribution in [0.3, 0.4) is 0 Å². The van der Waals surface area contributed by atoms with Crippen LogP contribution in [0.1, 0.15) is 32.6 Å². The molecule has 0 radical (unpaired) electrons. The largest absolute Gasteiger partial charge is 0.392 e. The Morgan fingerprint density at radius 2 is 1.82 bits per heavy atom. The van der Waals surface area contributed by atoms with Crippen molar-refractivity contribution in [2.45, 2.75) is 32.6 Å². The molecular formula is C10H18O. The van der Waals surface area contributed by atoms with Crippen LogP contribution in [0.5, 0.6) is 0 Å². The highest BCUT2D eigenvalue weighted by molar-refractivity contribution is 5.02. The van der Waals surface area contributed by atoms with E-state index in [-0.39, 0.29) is 6.61 Å². The lowest BCUT2D eigenvalue weighted by atomic mass is 10.2. The highest BCUT2D eigenvalue weighted by Crippen LogP contribution is 1.99. The number of aliphatic hydroxyl groups excluding tert-OH is 1. The zero-order valence-electron chi connectivity index (χ0n) is 7.29. The van der Waals surface area contributed by atoms with Crippen LogP contribution in [0.4, 0.5) is 0 Å². The number of unbranched alkanes of at least 4 members (excludes halogenated alkanes) is 3. The standard InChI is InChI=1S/C10H18O/c1-2-3-4-5-6-7-8-9-10-11/h6-9,11H,2-5,10H2,1H3/b7-6?,9-8+. The Hall–Kier alpha value is -0.560. The predicted molar refractivity (Wildman–Crippen MR) is 49.5 cm³/mol. The Labute approximate surface area is 69.4 Å². The van der Waals surface area contributed by atoms with Crippen LogP contribution in [-0.2, 0) is 0 Å². The maximum absolute atomic E-state index is 8.39. The minimum absolute atomic E-state index is 0.138. The maximum atomic E-state index is 8.39. The molecule has 0 aliphatic heterocycles. The summed E-state index contributed by atoms with van der Waals surface area (Å²) in [6, 6.07) is 0. The number of hydrogen-bond donors (Lipinski definition) is 1. The van der Waals surface area contributed by atoms with E-state index >= 15 is 0 Å². The molecule has 0 heterocycles. The van der Waals surface area contributed by atoms with Gasteiger partial charge in [-0.25, -0.2) is 0 Å². The van der Waals surface area contributed by atoms with Crippen molar-refractivity contribution in [3.05, 3.63) is 24.3 Å². The van der Waals surface area contributed by atoms with Gasteiger partial charge in [-0.3, -0.25) is 0 Å². The fraction of sp³-hybridized carbons (Fsp3) is 0.600. The third-order valence-electron chi connectivity index (χ3n) is 1.46. The summed E-state index contributed by atoms with van der Waals surface area (Å²) in [7, 11) is 0. The van der Waals surface area contributed by atoms with Crippen LogP contribution < -0.4 is 0 Å². The Morgan fingerprint density at radius 1 is 1.09 bits per heavy atom. The molecule has 1 nitrogen and oxygen atoms in total. The number of rotatable bonds is 6. The fourth-order valence-corrected chi connectivity index (χ4v) is 0.826. The van der Waals surface area contributed by atoms with Crippen molar-refractivity contribution < 1.29 is 5.11 Å². The molecule has 0 bridgehead atoms. The summed E-state index contributed by atoms with van der Waals surface area (Å²) in [5.41, 5.74) is 0. The first-order valence-corrected chi connectivity index (χ1v) is 4.34. The molecule has 1 heteroatoms. The average molecular weight is 154 g/mol. The monoisotopic (exact) mass is 154 g/mol. The van der Waals surface area contributed by atoms with E-state index in [1.807, 2.05) is 12.2 Å². The minimum Gasteiger partial charge on any atom is -0.392 e. The lowest BCUT2D eigenvalue weighted by molar-refractivity contribution is 0.343. The van der Waals surface area contributed by atoms with Crippen LogP contribution in [-0.4, -0.2) is 11.7 Å². The molecule has 0 aromatic carbocycles. The second-order valence-electron chi connectivity index (χ2n) is 2.53. The quantitative estimate of drug-likeness (QED) is 0.460. The topological polar surface area (TPSA) is 20.2 Å². The van der Waals surface area contributed by atoms with Crippen molar-refractivity contribution in [1.29, 1.82) is 0 Å². The van der Waals surface area contributed by atoms with Gasteiger partial charge in [0, 0.05) is 0 Å². The molecule has 0 unspecified atom stereocenters. The second-order valence-corrected chi connectivity index (χ2v) is 2.53. The molecule has 11 heavy (non-hydrogen) atoms. The van der Waals surface area contributed by atoms with Gasteiger partial charge in [-0.15, -0.1) is 0 Å². The van der Waals surface area contributed by atoms with Crippen molar-refractivity contribution in [2.24, 2.45) is 0 Å². The van der Waals surface area contributed by atoms with Gasteiger partial charge in [0.25, 0.3) is 0 Å². The molecule has 0 aromatic heterocycles. The van der Waals surface area contributed by atoms with E-state index in [1.165, 1.54) is 19.3 Å². The molecule has 0 amide bonds. The zero-order valence-corrected chi connectivity index (χ0v) is 7.29. The third-order valence-corrected chi connectivity index (χ3v) is 1.46. The van der Waals surface area contributed by atoms with Crippen LogP contribution in [0.15, 0.2) is 24.3 Å². The van der Waals surface area contributed by atoms with Crippen molar-refractivity contribution in [2.75, 3.05) is 6.61 Å². The van der Waals surface area contributed by atoms with Gasteiger partial charge in [-0.1, -0.05) is 44.1 Å². The summed E-state index contributed by atoms with van der Waals surface area (Å²) in [5.74, 6) is 0. The summed E-state index contributed by atoms with van der Waals surface area (Å²) >= 11 is 0. The van der Waals surface area contributed by atoms with Crippen LogP contribution >= 0.6 is 0 Å². The van der Waals surface area contributed by atoms with Gasteiger partial charge in [0.2, 0.25) is 0 Å². The molecule has 0 saturated heterocycles. The summed E-state index contributed by atoms with van der Waals surface area (Å²) in [4.78, 5) is 0. The SMILES string of the molecule is CCCCCC=C/C=C/CO. The first-order chi connectivity index (χ1) is 5.41. The molecule has 1 N–H and O–H groups in total. The first-order valence-electron chi connectivity index (χ1n) is 4.34.